The Morgan fingerprint density at radius 3 is 2.59 bits per heavy atom. The largest absolute Gasteiger partial charge is 0.290 e. The Kier molecular flexibility index (Phi) is 3.31. The van der Waals surface area contributed by atoms with E-state index in [0.717, 1.165) is 10.7 Å². The van der Waals surface area contributed by atoms with Gasteiger partial charge in [-0.05, 0) is 20.8 Å². The van der Waals surface area contributed by atoms with Gasteiger partial charge in [-0.2, -0.15) is 0 Å². The zero-order chi connectivity index (χ0) is 12.6. The molecule has 0 aliphatic heterocycles. The monoisotopic (exact) mass is 269 g/mol. The molecule has 90 valence electrons. The topological polar surface area (TPSA) is 47.8 Å². The van der Waals surface area contributed by atoms with Crippen molar-refractivity contribution in [2.45, 2.75) is 27.3 Å². The lowest BCUT2D eigenvalue weighted by molar-refractivity contribution is 0.696. The van der Waals surface area contributed by atoms with Gasteiger partial charge in [-0.3, -0.25) is 9.36 Å². The summed E-state index contributed by atoms with van der Waals surface area (Å²) in [6.07, 6.45) is 0. The fraction of sp³-hybridized carbons (Fsp3) is 0.364. The highest BCUT2D eigenvalue weighted by atomic mass is 35.5. The minimum Gasteiger partial charge on any atom is -0.290 e. The Labute approximate surface area is 108 Å². The molecule has 0 amide bonds. The lowest BCUT2D eigenvalue weighted by Gasteiger charge is -2.06. The molecule has 0 unspecified atom stereocenters. The first kappa shape index (κ1) is 12.3. The first-order chi connectivity index (χ1) is 7.97. The van der Waals surface area contributed by atoms with Crippen molar-refractivity contribution < 1.29 is 0 Å². The standard InChI is InChI=1S/C11H12ClN3OS/c1-6-7(2)17-10(13-6)5-15-8(3)14-9(12)4-11(15)16/h4H,5H2,1-3H3. The van der Waals surface area contributed by atoms with Crippen LogP contribution in [0.5, 0.6) is 0 Å². The molecule has 0 bridgehead atoms. The van der Waals surface area contributed by atoms with Gasteiger partial charge >= 0.3 is 0 Å². The zero-order valence-corrected chi connectivity index (χ0v) is 11.4. The van der Waals surface area contributed by atoms with Crippen LogP contribution in [0.1, 0.15) is 21.4 Å². The number of aryl methyl sites for hydroxylation is 3. The van der Waals surface area contributed by atoms with Gasteiger partial charge in [0, 0.05) is 10.9 Å². The SMILES string of the molecule is Cc1nc(Cn2c(C)nc(Cl)cc2=O)sc1C. The first-order valence-corrected chi connectivity index (χ1v) is 6.33. The van der Waals surface area contributed by atoms with E-state index in [4.69, 9.17) is 11.6 Å². The fourth-order valence-electron chi connectivity index (χ4n) is 1.52. The minimum absolute atomic E-state index is 0.145. The van der Waals surface area contributed by atoms with E-state index in [1.54, 1.807) is 22.8 Å². The van der Waals surface area contributed by atoms with E-state index < -0.39 is 0 Å². The molecule has 2 aromatic rings. The van der Waals surface area contributed by atoms with Crippen molar-refractivity contribution in [1.82, 2.24) is 14.5 Å². The van der Waals surface area contributed by atoms with E-state index in [1.165, 1.54) is 10.9 Å². The highest BCUT2D eigenvalue weighted by Gasteiger charge is 2.08. The summed E-state index contributed by atoms with van der Waals surface area (Å²) in [5.41, 5.74) is 0.866. The van der Waals surface area contributed by atoms with Crippen LogP contribution in [-0.2, 0) is 6.54 Å². The van der Waals surface area contributed by atoms with Gasteiger partial charge in [0.15, 0.2) is 0 Å². The summed E-state index contributed by atoms with van der Waals surface area (Å²) in [6, 6.07) is 1.32. The average Bonchev–Trinajstić information content (AvgIpc) is 2.52. The second-order valence-corrected chi connectivity index (χ2v) is 5.47. The normalized spacial score (nSPS) is 10.8. The molecule has 2 rings (SSSR count). The zero-order valence-electron chi connectivity index (χ0n) is 9.82. The summed E-state index contributed by atoms with van der Waals surface area (Å²) in [6.45, 7) is 6.20. The molecule has 6 heteroatoms. The van der Waals surface area contributed by atoms with Gasteiger partial charge in [0.1, 0.15) is 16.0 Å². The van der Waals surface area contributed by atoms with Gasteiger partial charge in [0.2, 0.25) is 0 Å². The maximum Gasteiger partial charge on any atom is 0.255 e. The Morgan fingerprint density at radius 1 is 1.35 bits per heavy atom. The van der Waals surface area contributed by atoms with Gasteiger partial charge in [-0.15, -0.1) is 11.3 Å². The van der Waals surface area contributed by atoms with Crippen LogP contribution in [-0.4, -0.2) is 14.5 Å². The Morgan fingerprint density at radius 2 is 2.06 bits per heavy atom. The van der Waals surface area contributed by atoms with Crippen LogP contribution in [0.2, 0.25) is 5.15 Å². The van der Waals surface area contributed by atoms with E-state index in [-0.39, 0.29) is 10.7 Å². The van der Waals surface area contributed by atoms with Crippen LogP contribution in [0, 0.1) is 20.8 Å². The molecule has 0 fully saturated rings. The number of thiazole rings is 1. The molecular formula is C11H12ClN3OS. The van der Waals surface area contributed by atoms with Crippen molar-refractivity contribution in [2.24, 2.45) is 0 Å². The lowest BCUT2D eigenvalue weighted by Crippen LogP contribution is -2.23. The van der Waals surface area contributed by atoms with Gasteiger partial charge in [0.05, 0.1) is 12.2 Å². The maximum atomic E-state index is 11.8. The van der Waals surface area contributed by atoms with E-state index in [1.807, 2.05) is 13.8 Å². The molecule has 0 spiro atoms. The predicted molar refractivity (Wildman–Crippen MR) is 68.9 cm³/mol. The summed E-state index contributed by atoms with van der Waals surface area (Å²) in [5.74, 6) is 0.605. The molecule has 0 aromatic carbocycles. The van der Waals surface area contributed by atoms with Crippen LogP contribution in [0.25, 0.3) is 0 Å². The number of halogens is 1. The average molecular weight is 270 g/mol. The number of rotatable bonds is 2. The Bertz CT molecular complexity index is 598. The molecule has 2 heterocycles. The third kappa shape index (κ3) is 2.56. The highest BCUT2D eigenvalue weighted by molar-refractivity contribution is 7.11. The molecule has 0 saturated carbocycles. The Hall–Kier alpha value is -1.20. The van der Waals surface area contributed by atoms with Crippen molar-refractivity contribution in [1.29, 1.82) is 0 Å². The van der Waals surface area contributed by atoms with Crippen LogP contribution >= 0.6 is 22.9 Å². The third-order valence-corrected chi connectivity index (χ3v) is 3.79. The molecule has 4 nitrogen and oxygen atoms in total. The molecule has 0 atom stereocenters. The summed E-state index contributed by atoms with van der Waals surface area (Å²) < 4.78 is 1.57. The van der Waals surface area contributed by atoms with Crippen LogP contribution in [0.15, 0.2) is 10.9 Å². The van der Waals surface area contributed by atoms with Gasteiger partial charge in [-0.25, -0.2) is 9.97 Å². The summed E-state index contributed by atoms with van der Waals surface area (Å²) in [7, 11) is 0. The number of aromatic nitrogens is 3. The first-order valence-electron chi connectivity index (χ1n) is 5.14. The summed E-state index contributed by atoms with van der Waals surface area (Å²) >= 11 is 7.32. The third-order valence-electron chi connectivity index (χ3n) is 2.53. The number of hydrogen-bond acceptors (Lipinski definition) is 4. The fourth-order valence-corrected chi connectivity index (χ4v) is 2.66. The van der Waals surface area contributed by atoms with Crippen molar-refractivity contribution in [3.05, 3.63) is 43.0 Å². The lowest BCUT2D eigenvalue weighted by atomic mass is 10.4. The van der Waals surface area contributed by atoms with Crippen molar-refractivity contribution >= 4 is 22.9 Å². The van der Waals surface area contributed by atoms with Crippen molar-refractivity contribution in [3.8, 4) is 0 Å². The van der Waals surface area contributed by atoms with Crippen LogP contribution in [0.4, 0.5) is 0 Å². The van der Waals surface area contributed by atoms with Crippen LogP contribution in [0.3, 0.4) is 0 Å². The van der Waals surface area contributed by atoms with Crippen molar-refractivity contribution in [2.75, 3.05) is 0 Å². The van der Waals surface area contributed by atoms with Crippen molar-refractivity contribution in [3.63, 3.8) is 0 Å². The predicted octanol–water partition coefficient (Wildman–Crippen LogP) is 2.33. The molecular weight excluding hydrogens is 258 g/mol. The van der Waals surface area contributed by atoms with Gasteiger partial charge in [0.25, 0.3) is 5.56 Å². The number of nitrogens with zero attached hydrogens (tertiary/aromatic N) is 3. The number of hydrogen-bond donors (Lipinski definition) is 0. The molecule has 0 N–H and O–H groups in total. The van der Waals surface area contributed by atoms with E-state index >= 15 is 0 Å². The molecule has 0 saturated heterocycles. The summed E-state index contributed by atoms with van der Waals surface area (Å²) in [4.78, 5) is 21.4. The highest BCUT2D eigenvalue weighted by Crippen LogP contribution is 2.17. The molecule has 2 aromatic heterocycles. The van der Waals surface area contributed by atoms with Crippen LogP contribution < -0.4 is 5.56 Å². The molecule has 0 radical (unpaired) electrons. The minimum atomic E-state index is -0.145. The molecule has 17 heavy (non-hydrogen) atoms. The summed E-state index contributed by atoms with van der Waals surface area (Å²) in [5, 5.41) is 1.14. The smallest absolute Gasteiger partial charge is 0.255 e. The molecule has 0 aliphatic rings. The van der Waals surface area contributed by atoms with E-state index in [9.17, 15) is 4.79 Å². The van der Waals surface area contributed by atoms with E-state index in [2.05, 4.69) is 9.97 Å². The van der Waals surface area contributed by atoms with E-state index in [0.29, 0.717) is 12.4 Å². The van der Waals surface area contributed by atoms with Gasteiger partial charge < -0.3 is 0 Å². The molecule has 0 aliphatic carbocycles. The Balaban J connectivity index is 2.40. The maximum absolute atomic E-state index is 11.8. The second-order valence-electron chi connectivity index (χ2n) is 3.80. The second kappa shape index (κ2) is 4.58. The quantitative estimate of drug-likeness (QED) is 0.786. The van der Waals surface area contributed by atoms with Gasteiger partial charge in [-0.1, -0.05) is 11.6 Å².